The van der Waals surface area contributed by atoms with E-state index in [9.17, 15) is 9.59 Å². The molecule has 1 saturated heterocycles. The first kappa shape index (κ1) is 11.0. The summed E-state index contributed by atoms with van der Waals surface area (Å²) in [6.45, 7) is 2.93. The van der Waals surface area contributed by atoms with Gasteiger partial charge in [-0.1, -0.05) is 6.92 Å². The third kappa shape index (κ3) is 2.99. The molecular formula is C9H16N2O3. The van der Waals surface area contributed by atoms with E-state index in [-0.39, 0.29) is 31.3 Å². The fourth-order valence-corrected chi connectivity index (χ4v) is 1.40. The van der Waals surface area contributed by atoms with Crippen molar-refractivity contribution in [2.75, 3.05) is 19.6 Å². The van der Waals surface area contributed by atoms with E-state index in [1.807, 2.05) is 6.92 Å². The Bertz CT molecular complexity index is 230. The molecule has 1 heterocycles. The number of hydrogen-bond donors (Lipinski definition) is 2. The van der Waals surface area contributed by atoms with E-state index >= 15 is 0 Å². The van der Waals surface area contributed by atoms with Crippen LogP contribution in [0.5, 0.6) is 0 Å². The zero-order valence-electron chi connectivity index (χ0n) is 8.32. The minimum atomic E-state index is -0.610. The summed E-state index contributed by atoms with van der Waals surface area (Å²) in [5, 5.41) is 11.8. The lowest BCUT2D eigenvalue weighted by atomic mass is 10.3. The number of β-amino-alcohol motifs (C(OH)–C–C–N with tert-alkyl or cyclic N) is 1. The van der Waals surface area contributed by atoms with Gasteiger partial charge in [-0.3, -0.25) is 9.59 Å². The highest BCUT2D eigenvalue weighted by atomic mass is 16.3. The molecule has 80 valence electrons. The second-order valence-corrected chi connectivity index (χ2v) is 3.48. The molecule has 1 unspecified atom stereocenters. The van der Waals surface area contributed by atoms with Gasteiger partial charge in [-0.2, -0.15) is 0 Å². The Morgan fingerprint density at radius 2 is 2.43 bits per heavy atom. The van der Waals surface area contributed by atoms with Gasteiger partial charge in [0, 0.05) is 13.1 Å². The third-order valence-corrected chi connectivity index (χ3v) is 2.10. The van der Waals surface area contributed by atoms with Gasteiger partial charge in [-0.25, -0.2) is 0 Å². The van der Waals surface area contributed by atoms with Gasteiger partial charge in [0.1, 0.15) is 0 Å². The van der Waals surface area contributed by atoms with Crippen LogP contribution < -0.4 is 5.32 Å². The number of aliphatic hydroxyl groups excluding tert-OH is 1. The van der Waals surface area contributed by atoms with Gasteiger partial charge >= 0.3 is 0 Å². The minimum absolute atomic E-state index is 0.0654. The molecule has 1 aliphatic rings. The first-order chi connectivity index (χ1) is 6.63. The zero-order valence-corrected chi connectivity index (χ0v) is 8.32. The summed E-state index contributed by atoms with van der Waals surface area (Å²) >= 11 is 0. The average Bonchev–Trinajstić information content (AvgIpc) is 2.42. The van der Waals surface area contributed by atoms with Gasteiger partial charge in [0.2, 0.25) is 11.8 Å². The first-order valence-corrected chi connectivity index (χ1v) is 4.86. The smallest absolute Gasteiger partial charge is 0.239 e. The summed E-state index contributed by atoms with van der Waals surface area (Å²) in [4.78, 5) is 23.8. The number of carbonyl (C=O) groups is 2. The van der Waals surface area contributed by atoms with Crippen LogP contribution in [-0.2, 0) is 9.59 Å². The van der Waals surface area contributed by atoms with Crippen LogP contribution in [0.4, 0.5) is 0 Å². The molecule has 14 heavy (non-hydrogen) atoms. The average molecular weight is 200 g/mol. The van der Waals surface area contributed by atoms with E-state index in [1.165, 1.54) is 4.90 Å². The summed E-state index contributed by atoms with van der Waals surface area (Å²) in [7, 11) is 0. The lowest BCUT2D eigenvalue weighted by molar-refractivity contribution is -0.133. The van der Waals surface area contributed by atoms with Gasteiger partial charge < -0.3 is 15.3 Å². The number of carbonyl (C=O) groups excluding carboxylic acids is 2. The van der Waals surface area contributed by atoms with E-state index < -0.39 is 6.10 Å². The van der Waals surface area contributed by atoms with Crippen molar-refractivity contribution in [2.24, 2.45) is 0 Å². The maximum atomic E-state index is 11.2. The normalized spacial score (nSPS) is 21.4. The van der Waals surface area contributed by atoms with Crippen LogP contribution in [0.25, 0.3) is 0 Å². The van der Waals surface area contributed by atoms with Crippen molar-refractivity contribution in [2.45, 2.75) is 25.9 Å². The fourth-order valence-electron chi connectivity index (χ4n) is 1.40. The van der Waals surface area contributed by atoms with Gasteiger partial charge in [0.05, 0.1) is 19.1 Å². The molecule has 0 saturated carbocycles. The second kappa shape index (κ2) is 4.95. The topological polar surface area (TPSA) is 69.6 Å². The summed E-state index contributed by atoms with van der Waals surface area (Å²) in [5.41, 5.74) is 0. The predicted octanol–water partition coefficient (Wildman–Crippen LogP) is -0.894. The summed E-state index contributed by atoms with van der Waals surface area (Å²) in [6, 6.07) is 0. The summed E-state index contributed by atoms with van der Waals surface area (Å²) < 4.78 is 0. The molecule has 5 nitrogen and oxygen atoms in total. The highest BCUT2D eigenvalue weighted by Gasteiger charge is 2.28. The number of amides is 2. The summed E-state index contributed by atoms with van der Waals surface area (Å²) in [6.07, 6.45) is 0.407. The molecule has 0 bridgehead atoms. The van der Waals surface area contributed by atoms with Gasteiger partial charge in [-0.15, -0.1) is 0 Å². The SMILES string of the molecule is CCCNC(=O)CN1CC(O)CC1=O. The Morgan fingerprint density at radius 3 is 2.93 bits per heavy atom. The molecule has 0 aliphatic carbocycles. The number of aliphatic hydroxyl groups is 1. The van der Waals surface area contributed by atoms with E-state index in [0.717, 1.165) is 6.42 Å². The van der Waals surface area contributed by atoms with E-state index in [4.69, 9.17) is 5.11 Å². The van der Waals surface area contributed by atoms with Crippen molar-refractivity contribution < 1.29 is 14.7 Å². The van der Waals surface area contributed by atoms with E-state index in [0.29, 0.717) is 6.54 Å². The zero-order chi connectivity index (χ0) is 10.6. The molecule has 1 fully saturated rings. The number of nitrogens with one attached hydrogen (secondary N) is 1. The van der Waals surface area contributed by atoms with Gasteiger partial charge in [0.25, 0.3) is 0 Å². The number of likely N-dealkylation sites (tertiary alicyclic amines) is 1. The minimum Gasteiger partial charge on any atom is -0.391 e. The molecule has 0 aromatic heterocycles. The molecule has 0 radical (unpaired) electrons. The first-order valence-electron chi connectivity index (χ1n) is 4.86. The number of rotatable bonds is 4. The molecule has 0 aromatic carbocycles. The van der Waals surface area contributed by atoms with Crippen LogP contribution in [0.2, 0.25) is 0 Å². The molecule has 5 heteroatoms. The van der Waals surface area contributed by atoms with E-state index in [2.05, 4.69) is 5.32 Å². The van der Waals surface area contributed by atoms with Crippen molar-refractivity contribution in [3.05, 3.63) is 0 Å². The second-order valence-electron chi connectivity index (χ2n) is 3.48. The molecule has 2 N–H and O–H groups in total. The standard InChI is InChI=1S/C9H16N2O3/c1-2-3-10-8(13)6-11-5-7(12)4-9(11)14/h7,12H,2-6H2,1H3,(H,10,13). The highest BCUT2D eigenvalue weighted by Crippen LogP contribution is 2.09. The third-order valence-electron chi connectivity index (χ3n) is 2.10. The van der Waals surface area contributed by atoms with Crippen molar-refractivity contribution in [3.8, 4) is 0 Å². The fraction of sp³-hybridized carbons (Fsp3) is 0.778. The molecule has 0 spiro atoms. The predicted molar refractivity (Wildman–Crippen MR) is 50.5 cm³/mol. The van der Waals surface area contributed by atoms with Crippen molar-refractivity contribution in [1.29, 1.82) is 0 Å². The Balaban J connectivity index is 2.30. The molecule has 1 atom stereocenters. The molecule has 1 rings (SSSR count). The van der Waals surface area contributed by atoms with Crippen LogP contribution in [0.15, 0.2) is 0 Å². The van der Waals surface area contributed by atoms with Gasteiger partial charge in [-0.05, 0) is 6.42 Å². The Kier molecular flexibility index (Phi) is 3.88. The number of nitrogens with zero attached hydrogens (tertiary/aromatic N) is 1. The molecule has 1 aliphatic heterocycles. The molecular weight excluding hydrogens is 184 g/mol. The highest BCUT2D eigenvalue weighted by molar-refractivity contribution is 5.86. The van der Waals surface area contributed by atoms with Crippen molar-refractivity contribution >= 4 is 11.8 Å². The van der Waals surface area contributed by atoms with E-state index in [1.54, 1.807) is 0 Å². The van der Waals surface area contributed by atoms with Crippen LogP contribution in [-0.4, -0.2) is 47.6 Å². The Labute approximate surface area is 83.1 Å². The molecule has 0 aromatic rings. The van der Waals surface area contributed by atoms with Crippen molar-refractivity contribution in [1.82, 2.24) is 10.2 Å². The lowest BCUT2D eigenvalue weighted by Gasteiger charge is -2.14. The molecule has 2 amide bonds. The maximum absolute atomic E-state index is 11.2. The number of hydrogen-bond acceptors (Lipinski definition) is 3. The monoisotopic (exact) mass is 200 g/mol. The van der Waals surface area contributed by atoms with Crippen LogP contribution >= 0.6 is 0 Å². The van der Waals surface area contributed by atoms with Crippen LogP contribution in [0.1, 0.15) is 19.8 Å². The van der Waals surface area contributed by atoms with Gasteiger partial charge in [0.15, 0.2) is 0 Å². The quantitative estimate of drug-likeness (QED) is 0.618. The largest absolute Gasteiger partial charge is 0.391 e. The summed E-state index contributed by atoms with van der Waals surface area (Å²) in [5.74, 6) is -0.307. The van der Waals surface area contributed by atoms with Crippen LogP contribution in [0, 0.1) is 0 Å². The van der Waals surface area contributed by atoms with Crippen LogP contribution in [0.3, 0.4) is 0 Å². The Hall–Kier alpha value is -1.10. The van der Waals surface area contributed by atoms with Crippen molar-refractivity contribution in [3.63, 3.8) is 0 Å². The maximum Gasteiger partial charge on any atom is 0.239 e. The Morgan fingerprint density at radius 1 is 1.71 bits per heavy atom. The lowest BCUT2D eigenvalue weighted by Crippen LogP contribution is -2.38.